The summed E-state index contributed by atoms with van der Waals surface area (Å²) in [6, 6.07) is 7.18. The first-order chi connectivity index (χ1) is 13.2. The third-order valence-electron chi connectivity index (χ3n) is 6.35. The molecule has 2 aromatic rings. The highest BCUT2D eigenvalue weighted by Gasteiger charge is 2.30. The minimum atomic E-state index is 0. The molecular weight excluding hydrogens is 338 g/mol. The molecule has 4 rings (SSSR count). The highest BCUT2D eigenvalue weighted by Crippen LogP contribution is 2.31. The van der Waals surface area contributed by atoms with E-state index in [2.05, 4.69) is 35.5 Å². The summed E-state index contributed by atoms with van der Waals surface area (Å²) >= 11 is 0. The third kappa shape index (κ3) is 3.90. The van der Waals surface area contributed by atoms with Crippen molar-refractivity contribution in [3.8, 4) is 0 Å². The van der Waals surface area contributed by atoms with Crippen molar-refractivity contribution in [3.05, 3.63) is 46.9 Å². The fraction of sp³-hybridized carbons (Fsp3) is 0.591. The van der Waals surface area contributed by atoms with Gasteiger partial charge >= 0.3 is 5.69 Å². The predicted octanol–water partition coefficient (Wildman–Crippen LogP) is 4.03. The first-order valence-corrected chi connectivity index (χ1v) is 10.3. The van der Waals surface area contributed by atoms with E-state index in [1.807, 2.05) is 16.7 Å². The molecule has 1 aromatic heterocycles. The second-order valence-electron chi connectivity index (χ2n) is 8.14. The lowest BCUT2D eigenvalue weighted by Gasteiger charge is -2.41. The number of H-pyrrole nitrogens is 1. The maximum atomic E-state index is 12.5. The van der Waals surface area contributed by atoms with Gasteiger partial charge < -0.3 is 14.6 Å². The molecule has 5 heteroatoms. The molecule has 0 spiro atoms. The smallest absolute Gasteiger partial charge is 0.326 e. The SMILES string of the molecule is C=CCOC1CCC(N2CCC(n3c(=O)[nH]c4ccc(C)cc43)CC2)CC1.[HH]. The standard InChI is InChI=1S/C22H31N3O2.H2/c1-3-14-27-19-7-5-17(6-8-19)24-12-10-18(11-13-24)25-21-15-16(2)4-9-20(21)23-22(25)26;/h3-4,9,15,17-19H,1,5-8,10-14H2,2H3,(H,23,26);1H. The van der Waals surface area contributed by atoms with Crippen molar-refractivity contribution in [3.63, 3.8) is 0 Å². The van der Waals surface area contributed by atoms with Crippen LogP contribution >= 0.6 is 0 Å². The van der Waals surface area contributed by atoms with Crippen LogP contribution in [0.15, 0.2) is 35.6 Å². The Balaban J connectivity index is 0.00000225. The van der Waals surface area contributed by atoms with E-state index in [1.165, 1.54) is 18.4 Å². The van der Waals surface area contributed by atoms with Crippen molar-refractivity contribution in [2.75, 3.05) is 19.7 Å². The Labute approximate surface area is 162 Å². The van der Waals surface area contributed by atoms with Crippen LogP contribution in [0.1, 0.15) is 51.6 Å². The van der Waals surface area contributed by atoms with Crippen LogP contribution in [0.3, 0.4) is 0 Å². The second-order valence-corrected chi connectivity index (χ2v) is 8.14. The van der Waals surface area contributed by atoms with E-state index in [4.69, 9.17) is 4.74 Å². The van der Waals surface area contributed by atoms with E-state index < -0.39 is 0 Å². The minimum absolute atomic E-state index is 0. The molecule has 0 atom stereocenters. The van der Waals surface area contributed by atoms with Crippen molar-refractivity contribution in [2.45, 2.75) is 63.6 Å². The molecule has 1 aromatic carbocycles. The third-order valence-corrected chi connectivity index (χ3v) is 6.35. The van der Waals surface area contributed by atoms with Crippen LogP contribution in [0.4, 0.5) is 0 Å². The highest BCUT2D eigenvalue weighted by atomic mass is 16.5. The average molecular weight is 372 g/mol. The number of hydrogen-bond donors (Lipinski definition) is 1. The summed E-state index contributed by atoms with van der Waals surface area (Å²) < 4.78 is 7.82. The van der Waals surface area contributed by atoms with Gasteiger partial charge in [0.15, 0.2) is 0 Å². The van der Waals surface area contributed by atoms with Gasteiger partial charge in [-0.15, -0.1) is 6.58 Å². The Hall–Kier alpha value is -1.85. The number of nitrogens with one attached hydrogen (secondary N) is 1. The molecule has 1 N–H and O–H groups in total. The van der Waals surface area contributed by atoms with E-state index in [9.17, 15) is 4.79 Å². The first kappa shape index (κ1) is 18.5. The molecule has 1 aliphatic carbocycles. The number of aryl methyl sites for hydroxylation is 1. The van der Waals surface area contributed by atoms with Crippen LogP contribution in [0.2, 0.25) is 0 Å². The van der Waals surface area contributed by atoms with Crippen molar-refractivity contribution in [1.29, 1.82) is 0 Å². The summed E-state index contributed by atoms with van der Waals surface area (Å²) in [6.07, 6.45) is 9.09. The quantitative estimate of drug-likeness (QED) is 0.807. The van der Waals surface area contributed by atoms with Gasteiger partial charge in [0.25, 0.3) is 0 Å². The molecule has 27 heavy (non-hydrogen) atoms. The van der Waals surface area contributed by atoms with Gasteiger partial charge in [0.05, 0.1) is 23.7 Å². The molecule has 148 valence electrons. The Bertz CT molecular complexity index is 843. The molecule has 1 saturated carbocycles. The predicted molar refractivity (Wildman–Crippen MR) is 111 cm³/mol. The zero-order chi connectivity index (χ0) is 18.8. The number of aromatic nitrogens is 2. The maximum absolute atomic E-state index is 12.5. The van der Waals surface area contributed by atoms with Crippen molar-refractivity contribution >= 4 is 11.0 Å². The van der Waals surface area contributed by atoms with Gasteiger partial charge in [-0.25, -0.2) is 4.79 Å². The number of rotatable bonds is 5. The molecule has 2 fully saturated rings. The Morgan fingerprint density at radius 1 is 1.19 bits per heavy atom. The number of likely N-dealkylation sites (tertiary alicyclic amines) is 1. The van der Waals surface area contributed by atoms with E-state index in [-0.39, 0.29) is 7.12 Å². The fourth-order valence-electron chi connectivity index (χ4n) is 4.88. The van der Waals surface area contributed by atoms with Crippen molar-refractivity contribution < 1.29 is 6.16 Å². The van der Waals surface area contributed by atoms with Gasteiger partial charge in [-0.05, 0) is 63.1 Å². The number of fused-ring (bicyclic) bond motifs is 1. The van der Waals surface area contributed by atoms with Gasteiger partial charge in [0, 0.05) is 26.6 Å². The molecule has 0 unspecified atom stereocenters. The molecule has 0 bridgehead atoms. The Kier molecular flexibility index (Phi) is 5.50. The summed E-state index contributed by atoms with van der Waals surface area (Å²) in [4.78, 5) is 18.2. The molecule has 2 aliphatic rings. The van der Waals surface area contributed by atoms with Crippen LogP contribution in [-0.4, -0.2) is 46.3 Å². The van der Waals surface area contributed by atoms with Crippen LogP contribution in [0.25, 0.3) is 11.0 Å². The zero-order valence-electron chi connectivity index (χ0n) is 16.3. The van der Waals surface area contributed by atoms with Crippen molar-refractivity contribution in [2.24, 2.45) is 0 Å². The summed E-state index contributed by atoms with van der Waals surface area (Å²) in [5.74, 6) is 0. The maximum Gasteiger partial charge on any atom is 0.326 e. The van der Waals surface area contributed by atoms with Gasteiger partial charge in [0.1, 0.15) is 0 Å². The van der Waals surface area contributed by atoms with E-state index >= 15 is 0 Å². The van der Waals surface area contributed by atoms with E-state index in [1.54, 1.807) is 0 Å². The number of nitrogens with zero attached hydrogens (tertiary/aromatic N) is 2. The monoisotopic (exact) mass is 371 g/mol. The van der Waals surface area contributed by atoms with Gasteiger partial charge in [-0.2, -0.15) is 0 Å². The van der Waals surface area contributed by atoms with Crippen LogP contribution < -0.4 is 5.69 Å². The topological polar surface area (TPSA) is 50.3 Å². The Morgan fingerprint density at radius 3 is 2.63 bits per heavy atom. The Morgan fingerprint density at radius 2 is 1.93 bits per heavy atom. The molecule has 0 amide bonds. The van der Waals surface area contributed by atoms with E-state index in [0.717, 1.165) is 49.8 Å². The minimum Gasteiger partial charge on any atom is -0.374 e. The summed E-state index contributed by atoms with van der Waals surface area (Å²) in [5, 5.41) is 0. The lowest BCUT2D eigenvalue weighted by atomic mass is 9.90. The van der Waals surface area contributed by atoms with E-state index in [0.29, 0.717) is 24.8 Å². The number of aromatic amines is 1. The zero-order valence-corrected chi connectivity index (χ0v) is 16.3. The van der Waals surface area contributed by atoms with Gasteiger partial charge in [-0.1, -0.05) is 12.1 Å². The molecule has 1 aliphatic heterocycles. The summed E-state index contributed by atoms with van der Waals surface area (Å²) in [7, 11) is 0. The molecule has 1 saturated heterocycles. The summed E-state index contributed by atoms with van der Waals surface area (Å²) in [5.41, 5.74) is 3.24. The largest absolute Gasteiger partial charge is 0.374 e. The fourth-order valence-corrected chi connectivity index (χ4v) is 4.88. The number of hydrogen-bond acceptors (Lipinski definition) is 3. The number of piperidine rings is 1. The lowest BCUT2D eigenvalue weighted by Crippen LogP contribution is -2.45. The van der Waals surface area contributed by atoms with Crippen LogP contribution in [0.5, 0.6) is 0 Å². The van der Waals surface area contributed by atoms with Gasteiger partial charge in [-0.3, -0.25) is 4.57 Å². The number of benzene rings is 1. The summed E-state index contributed by atoms with van der Waals surface area (Å²) in [6.45, 7) is 8.64. The molecular formula is C22H33N3O2. The second kappa shape index (κ2) is 8.03. The lowest BCUT2D eigenvalue weighted by molar-refractivity contribution is 0.0146. The molecule has 0 radical (unpaired) electrons. The van der Waals surface area contributed by atoms with Crippen molar-refractivity contribution in [1.82, 2.24) is 14.5 Å². The van der Waals surface area contributed by atoms with Gasteiger partial charge in [0.2, 0.25) is 0 Å². The molecule has 2 heterocycles. The highest BCUT2D eigenvalue weighted by molar-refractivity contribution is 5.76. The van der Waals surface area contributed by atoms with Crippen LogP contribution in [0, 0.1) is 6.92 Å². The normalized spacial score (nSPS) is 25.1. The number of imidazole rings is 1. The number of ether oxygens (including phenoxy) is 1. The first-order valence-electron chi connectivity index (χ1n) is 10.3. The average Bonchev–Trinajstić information content (AvgIpc) is 3.02. The molecule has 5 nitrogen and oxygen atoms in total. The van der Waals surface area contributed by atoms with Crippen LogP contribution in [-0.2, 0) is 4.74 Å².